The highest BCUT2D eigenvalue weighted by Gasteiger charge is 2.27. The number of aromatic nitrogens is 6. The van der Waals surface area contributed by atoms with E-state index in [4.69, 9.17) is 14.0 Å². The summed E-state index contributed by atoms with van der Waals surface area (Å²) in [5.74, 6) is 1.48. The van der Waals surface area contributed by atoms with Crippen molar-refractivity contribution in [3.8, 4) is 28.5 Å². The van der Waals surface area contributed by atoms with Gasteiger partial charge in [-0.1, -0.05) is 10.4 Å². The van der Waals surface area contributed by atoms with E-state index in [1.165, 1.54) is 0 Å². The molecule has 5 rings (SSSR count). The average Bonchev–Trinajstić information content (AvgIpc) is 3.43. The first kappa shape index (κ1) is 17.6. The quantitative estimate of drug-likeness (QED) is 0.454. The summed E-state index contributed by atoms with van der Waals surface area (Å²) in [4.78, 5) is 4.64. The van der Waals surface area contributed by atoms with Crippen LogP contribution >= 0.6 is 0 Å². The van der Waals surface area contributed by atoms with Gasteiger partial charge in [-0.2, -0.15) is 0 Å². The summed E-state index contributed by atoms with van der Waals surface area (Å²) >= 11 is 0. The highest BCUT2D eigenvalue weighted by Crippen LogP contribution is 2.35. The van der Waals surface area contributed by atoms with Crippen LogP contribution in [0, 0.1) is 6.92 Å². The molecule has 9 nitrogen and oxygen atoms in total. The van der Waals surface area contributed by atoms with E-state index in [0.717, 1.165) is 45.7 Å². The lowest BCUT2D eigenvalue weighted by molar-refractivity contribution is 0.130. The van der Waals surface area contributed by atoms with Crippen molar-refractivity contribution in [1.82, 2.24) is 29.7 Å². The topological polar surface area (TPSA) is 93.0 Å². The largest absolute Gasteiger partial charge is 0.497 e. The molecule has 0 saturated heterocycles. The van der Waals surface area contributed by atoms with Gasteiger partial charge >= 0.3 is 0 Å². The first-order chi connectivity index (χ1) is 14.2. The van der Waals surface area contributed by atoms with Gasteiger partial charge in [0.25, 0.3) is 0 Å². The van der Waals surface area contributed by atoms with Crippen LogP contribution < -0.4 is 4.74 Å². The lowest BCUT2D eigenvalue weighted by Gasteiger charge is -2.11. The van der Waals surface area contributed by atoms with Gasteiger partial charge in [0.05, 0.1) is 36.5 Å². The zero-order valence-electron chi connectivity index (χ0n) is 16.4. The highest BCUT2D eigenvalue weighted by molar-refractivity contribution is 5.65. The summed E-state index contributed by atoms with van der Waals surface area (Å²) in [5.41, 5.74) is 6.04. The Hall–Kier alpha value is -3.46. The smallest absolute Gasteiger partial charge is 0.134 e. The molecule has 0 fully saturated rings. The van der Waals surface area contributed by atoms with E-state index in [1.807, 2.05) is 49.1 Å². The van der Waals surface area contributed by atoms with Crippen molar-refractivity contribution < 1.29 is 14.0 Å². The maximum Gasteiger partial charge on any atom is 0.134 e. The summed E-state index contributed by atoms with van der Waals surface area (Å²) in [5, 5.41) is 13.0. The fraction of sp³-hybridized carbons (Fsp3) is 0.300. The van der Waals surface area contributed by atoms with Gasteiger partial charge in [0.15, 0.2) is 0 Å². The standard InChI is InChI=1S/C20H20N6O3/c1-4-28-10-15-17-9-19-20(14-7-12(2)29-23-14)21-11-25(19)16-6-5-13(27-3)8-18(16)26(17)24-22-15/h5-8,11H,4,9-10H2,1-3H3. The molecule has 1 aliphatic rings. The van der Waals surface area contributed by atoms with Gasteiger partial charge in [0.2, 0.25) is 0 Å². The van der Waals surface area contributed by atoms with Crippen LogP contribution in [0.2, 0.25) is 0 Å². The second-order valence-electron chi connectivity index (χ2n) is 6.80. The Morgan fingerprint density at radius 3 is 2.83 bits per heavy atom. The van der Waals surface area contributed by atoms with E-state index in [2.05, 4.69) is 25.0 Å². The molecule has 148 valence electrons. The number of imidazole rings is 1. The SMILES string of the molecule is CCOCc1nnn2c1Cc1c(-c3cc(C)on3)ncn1-c1ccc(OC)cc1-2. The molecule has 0 radical (unpaired) electrons. The molecule has 0 bridgehead atoms. The van der Waals surface area contributed by atoms with Crippen LogP contribution in [-0.4, -0.2) is 43.4 Å². The zero-order valence-corrected chi connectivity index (χ0v) is 16.4. The van der Waals surface area contributed by atoms with Gasteiger partial charge in [-0.3, -0.25) is 4.57 Å². The van der Waals surface area contributed by atoms with E-state index < -0.39 is 0 Å². The number of methoxy groups -OCH3 is 1. The van der Waals surface area contributed by atoms with Crippen molar-refractivity contribution in [3.63, 3.8) is 0 Å². The Morgan fingerprint density at radius 2 is 2.07 bits per heavy atom. The third-order valence-corrected chi connectivity index (χ3v) is 5.03. The van der Waals surface area contributed by atoms with E-state index >= 15 is 0 Å². The molecule has 0 spiro atoms. The Bertz CT molecular complexity index is 1190. The summed E-state index contributed by atoms with van der Waals surface area (Å²) < 4.78 is 20.3. The Morgan fingerprint density at radius 1 is 1.17 bits per heavy atom. The predicted octanol–water partition coefficient (Wildman–Crippen LogP) is 2.87. The molecule has 29 heavy (non-hydrogen) atoms. The average molecular weight is 392 g/mol. The molecular weight excluding hydrogens is 372 g/mol. The fourth-order valence-corrected chi connectivity index (χ4v) is 3.62. The van der Waals surface area contributed by atoms with Crippen molar-refractivity contribution in [2.75, 3.05) is 13.7 Å². The lowest BCUT2D eigenvalue weighted by Crippen LogP contribution is -2.05. The maximum absolute atomic E-state index is 5.62. The summed E-state index contributed by atoms with van der Waals surface area (Å²) in [6, 6.07) is 7.76. The normalized spacial score (nSPS) is 12.2. The molecule has 4 aromatic rings. The first-order valence-corrected chi connectivity index (χ1v) is 9.39. The summed E-state index contributed by atoms with van der Waals surface area (Å²) in [7, 11) is 1.65. The number of fused-ring (bicyclic) bond motifs is 5. The van der Waals surface area contributed by atoms with Crippen LogP contribution in [0.1, 0.15) is 29.8 Å². The monoisotopic (exact) mass is 392 g/mol. The maximum atomic E-state index is 5.62. The highest BCUT2D eigenvalue weighted by atomic mass is 16.5. The van der Waals surface area contributed by atoms with E-state index in [9.17, 15) is 0 Å². The molecule has 1 aromatic carbocycles. The molecule has 0 atom stereocenters. The number of benzene rings is 1. The van der Waals surface area contributed by atoms with Crippen LogP contribution in [0.4, 0.5) is 0 Å². The number of hydrogen-bond donors (Lipinski definition) is 0. The van der Waals surface area contributed by atoms with Crippen LogP contribution in [0.5, 0.6) is 5.75 Å². The lowest BCUT2D eigenvalue weighted by atomic mass is 10.1. The molecule has 0 saturated carbocycles. The first-order valence-electron chi connectivity index (χ1n) is 9.39. The molecule has 9 heteroatoms. The third kappa shape index (κ3) is 2.82. The van der Waals surface area contributed by atoms with Gasteiger partial charge in [0.1, 0.15) is 34.9 Å². The molecule has 0 amide bonds. The zero-order chi connectivity index (χ0) is 20.0. The number of hydrogen-bond acceptors (Lipinski definition) is 7. The van der Waals surface area contributed by atoms with Gasteiger partial charge in [0, 0.05) is 25.2 Å². The molecule has 4 heterocycles. The number of nitrogens with zero attached hydrogens (tertiary/aromatic N) is 6. The molecule has 0 N–H and O–H groups in total. The minimum atomic E-state index is 0.400. The molecule has 0 unspecified atom stereocenters. The van der Waals surface area contributed by atoms with E-state index in [0.29, 0.717) is 25.3 Å². The van der Waals surface area contributed by atoms with E-state index in [1.54, 1.807) is 7.11 Å². The fourth-order valence-electron chi connectivity index (χ4n) is 3.62. The van der Waals surface area contributed by atoms with E-state index in [-0.39, 0.29) is 0 Å². The van der Waals surface area contributed by atoms with Crippen molar-refractivity contribution in [1.29, 1.82) is 0 Å². The van der Waals surface area contributed by atoms with Gasteiger partial charge in [-0.25, -0.2) is 9.67 Å². The number of rotatable bonds is 5. The van der Waals surface area contributed by atoms with Crippen molar-refractivity contribution in [2.45, 2.75) is 26.9 Å². The van der Waals surface area contributed by atoms with Crippen LogP contribution in [0.15, 0.2) is 35.1 Å². The summed E-state index contributed by atoms with van der Waals surface area (Å²) in [6.07, 6.45) is 2.38. The summed E-state index contributed by atoms with van der Waals surface area (Å²) in [6.45, 7) is 4.84. The molecule has 3 aromatic heterocycles. The number of aryl methyl sites for hydroxylation is 1. The Labute approximate surface area is 166 Å². The minimum Gasteiger partial charge on any atom is -0.497 e. The van der Waals surface area contributed by atoms with Crippen molar-refractivity contribution >= 4 is 0 Å². The van der Waals surface area contributed by atoms with Crippen LogP contribution in [-0.2, 0) is 17.8 Å². The Balaban J connectivity index is 1.74. The second-order valence-corrected chi connectivity index (χ2v) is 6.80. The van der Waals surface area contributed by atoms with Gasteiger partial charge in [-0.05, 0) is 26.0 Å². The van der Waals surface area contributed by atoms with Crippen LogP contribution in [0.3, 0.4) is 0 Å². The van der Waals surface area contributed by atoms with Crippen molar-refractivity contribution in [2.24, 2.45) is 0 Å². The second kappa shape index (κ2) is 6.85. The third-order valence-electron chi connectivity index (χ3n) is 5.03. The van der Waals surface area contributed by atoms with Crippen LogP contribution in [0.25, 0.3) is 22.8 Å². The van der Waals surface area contributed by atoms with Gasteiger partial charge in [-0.15, -0.1) is 5.10 Å². The minimum absolute atomic E-state index is 0.400. The molecule has 0 aliphatic carbocycles. The van der Waals surface area contributed by atoms with Crippen molar-refractivity contribution in [3.05, 3.63) is 53.4 Å². The Kier molecular flexibility index (Phi) is 4.17. The van der Waals surface area contributed by atoms with Gasteiger partial charge < -0.3 is 14.0 Å². The molecule has 1 aliphatic heterocycles. The number of ether oxygens (including phenoxy) is 2. The predicted molar refractivity (Wildman–Crippen MR) is 103 cm³/mol. The molecular formula is C20H20N6O3.